The van der Waals surface area contributed by atoms with Gasteiger partial charge in [0, 0.05) is 0 Å². The van der Waals surface area contributed by atoms with Gasteiger partial charge in [-0.15, -0.1) is 5.06 Å². The van der Waals surface area contributed by atoms with Gasteiger partial charge in [0.05, 0.1) is 5.56 Å². The topological polar surface area (TPSA) is 58.8 Å². The fourth-order valence-electron chi connectivity index (χ4n) is 2.39. The van der Waals surface area contributed by atoms with Crippen molar-refractivity contribution in [2.75, 3.05) is 0 Å². The SMILES string of the molecule is CC1(C)N(O)C(c2ccc(O[Si](C)(C)C)cc2)=[N+]([O-])C1(C)C. The Hall–Kier alpha value is -1.53. The van der Waals surface area contributed by atoms with Crippen molar-refractivity contribution in [3.05, 3.63) is 35.0 Å². The van der Waals surface area contributed by atoms with Gasteiger partial charge in [-0.3, -0.25) is 4.74 Å². The van der Waals surface area contributed by atoms with E-state index in [4.69, 9.17) is 4.43 Å². The molecule has 0 saturated heterocycles. The molecule has 0 aromatic heterocycles. The first kappa shape index (κ1) is 16.8. The molecule has 0 bridgehead atoms. The molecular formula is C16H26N2O3Si. The van der Waals surface area contributed by atoms with Crippen LogP contribution >= 0.6 is 0 Å². The van der Waals surface area contributed by atoms with Crippen molar-refractivity contribution in [1.82, 2.24) is 5.06 Å². The molecule has 0 spiro atoms. The molecule has 0 aliphatic carbocycles. The molecule has 0 unspecified atom stereocenters. The van der Waals surface area contributed by atoms with E-state index in [1.54, 1.807) is 0 Å². The van der Waals surface area contributed by atoms with Crippen LogP contribution in [0.5, 0.6) is 5.75 Å². The molecule has 1 N–H and O–H groups in total. The van der Waals surface area contributed by atoms with Gasteiger partial charge in [-0.25, -0.2) is 5.21 Å². The molecule has 22 heavy (non-hydrogen) atoms. The zero-order valence-electron chi connectivity index (χ0n) is 14.5. The summed E-state index contributed by atoms with van der Waals surface area (Å²) in [5, 5.41) is 24.2. The molecule has 2 rings (SSSR count). The van der Waals surface area contributed by atoms with E-state index in [2.05, 4.69) is 19.6 Å². The highest BCUT2D eigenvalue weighted by Crippen LogP contribution is 2.37. The second kappa shape index (κ2) is 4.99. The van der Waals surface area contributed by atoms with Crippen molar-refractivity contribution in [1.29, 1.82) is 0 Å². The Morgan fingerprint density at radius 1 is 1.09 bits per heavy atom. The number of hydroxylamine groups is 3. The smallest absolute Gasteiger partial charge is 0.313 e. The van der Waals surface area contributed by atoms with Crippen LogP contribution in [0.1, 0.15) is 33.3 Å². The molecule has 1 heterocycles. The third-order valence-corrected chi connectivity index (χ3v) is 5.31. The lowest BCUT2D eigenvalue weighted by molar-refractivity contribution is -0.539. The van der Waals surface area contributed by atoms with E-state index in [0.29, 0.717) is 5.56 Å². The Bertz CT molecular complexity index is 601. The van der Waals surface area contributed by atoms with E-state index in [0.717, 1.165) is 15.6 Å². The summed E-state index contributed by atoms with van der Waals surface area (Å²) in [6.45, 7) is 13.7. The maximum Gasteiger partial charge on any atom is 0.313 e. The van der Waals surface area contributed by atoms with Crippen LogP contribution in [-0.2, 0) is 0 Å². The van der Waals surface area contributed by atoms with E-state index in [9.17, 15) is 10.4 Å². The van der Waals surface area contributed by atoms with Gasteiger partial charge in [-0.2, -0.15) is 0 Å². The summed E-state index contributed by atoms with van der Waals surface area (Å²) < 4.78 is 6.81. The Balaban J connectivity index is 2.39. The van der Waals surface area contributed by atoms with Crippen LogP contribution in [0.15, 0.2) is 24.3 Å². The van der Waals surface area contributed by atoms with Gasteiger partial charge in [0.2, 0.25) is 8.32 Å². The molecule has 0 saturated carbocycles. The molecule has 1 aromatic carbocycles. The molecule has 0 fully saturated rings. The normalized spacial score (nSPS) is 20.5. The number of hydrogen-bond donors (Lipinski definition) is 1. The minimum Gasteiger partial charge on any atom is -0.714 e. The van der Waals surface area contributed by atoms with Gasteiger partial charge >= 0.3 is 5.84 Å². The van der Waals surface area contributed by atoms with E-state index in [1.165, 1.54) is 0 Å². The lowest BCUT2D eigenvalue weighted by Crippen LogP contribution is -2.53. The van der Waals surface area contributed by atoms with E-state index in [1.807, 2.05) is 52.0 Å². The van der Waals surface area contributed by atoms with Crippen LogP contribution in [0, 0.1) is 5.21 Å². The Kier molecular flexibility index (Phi) is 3.82. The zero-order valence-corrected chi connectivity index (χ0v) is 15.5. The molecule has 122 valence electrons. The van der Waals surface area contributed by atoms with Crippen LogP contribution in [0.4, 0.5) is 0 Å². The zero-order chi connectivity index (χ0) is 16.9. The number of amidine groups is 1. The fourth-order valence-corrected chi connectivity index (χ4v) is 3.23. The average molecular weight is 322 g/mol. The van der Waals surface area contributed by atoms with Crippen molar-refractivity contribution in [2.24, 2.45) is 0 Å². The predicted octanol–water partition coefficient (Wildman–Crippen LogP) is 3.42. The molecule has 1 aromatic rings. The maximum atomic E-state index is 12.6. The minimum atomic E-state index is -1.66. The van der Waals surface area contributed by atoms with Crippen molar-refractivity contribution in [3.8, 4) is 5.75 Å². The molecule has 0 amide bonds. The molecule has 1 aliphatic heterocycles. The standard InChI is InChI=1S/C16H26N2O3Si/c1-15(2)16(3,4)18(20)14(17(15)19)12-8-10-13(11-9-12)21-22(5,6)7/h8-11,19H,1-7H3. The number of nitrogens with zero attached hydrogens (tertiary/aromatic N) is 2. The van der Waals surface area contributed by atoms with Crippen LogP contribution in [0.3, 0.4) is 0 Å². The number of benzene rings is 1. The Morgan fingerprint density at radius 3 is 1.95 bits per heavy atom. The first-order chi connectivity index (χ1) is 9.88. The Labute approximate surface area is 133 Å². The summed E-state index contributed by atoms with van der Waals surface area (Å²) in [6, 6.07) is 7.33. The highest BCUT2D eigenvalue weighted by atomic mass is 28.4. The minimum absolute atomic E-state index is 0.273. The molecule has 6 heteroatoms. The molecule has 0 atom stereocenters. The quantitative estimate of drug-likeness (QED) is 0.526. The van der Waals surface area contributed by atoms with Gasteiger partial charge in [0.15, 0.2) is 5.54 Å². The fraction of sp³-hybridized carbons (Fsp3) is 0.562. The molecule has 0 radical (unpaired) electrons. The highest BCUT2D eigenvalue weighted by Gasteiger charge is 2.58. The average Bonchev–Trinajstić information content (AvgIpc) is 2.48. The van der Waals surface area contributed by atoms with Gasteiger partial charge in [0.25, 0.3) is 0 Å². The highest BCUT2D eigenvalue weighted by molar-refractivity contribution is 6.70. The summed E-state index contributed by atoms with van der Waals surface area (Å²) in [5.41, 5.74) is -0.735. The van der Waals surface area contributed by atoms with Gasteiger partial charge in [0.1, 0.15) is 11.3 Å². The summed E-state index contributed by atoms with van der Waals surface area (Å²) in [5.74, 6) is 1.07. The lowest BCUT2D eigenvalue weighted by atomic mass is 9.84. The van der Waals surface area contributed by atoms with Crippen LogP contribution < -0.4 is 4.43 Å². The van der Waals surface area contributed by atoms with Gasteiger partial charge in [-0.1, -0.05) is 0 Å². The third kappa shape index (κ3) is 2.61. The van der Waals surface area contributed by atoms with Crippen LogP contribution in [-0.4, -0.2) is 40.2 Å². The van der Waals surface area contributed by atoms with Crippen molar-refractivity contribution in [2.45, 2.75) is 58.4 Å². The predicted molar refractivity (Wildman–Crippen MR) is 89.9 cm³/mol. The van der Waals surface area contributed by atoms with E-state index in [-0.39, 0.29) is 5.84 Å². The number of rotatable bonds is 3. The lowest BCUT2D eigenvalue weighted by Gasteiger charge is -2.33. The molecule has 5 nitrogen and oxygen atoms in total. The molecule has 1 aliphatic rings. The monoisotopic (exact) mass is 322 g/mol. The first-order valence-electron chi connectivity index (χ1n) is 7.51. The van der Waals surface area contributed by atoms with Crippen molar-refractivity contribution >= 4 is 14.2 Å². The third-order valence-electron chi connectivity index (χ3n) is 4.46. The summed E-state index contributed by atoms with van der Waals surface area (Å²) in [4.78, 5) is 0. The van der Waals surface area contributed by atoms with Crippen molar-refractivity contribution < 1.29 is 14.4 Å². The largest absolute Gasteiger partial charge is 0.714 e. The van der Waals surface area contributed by atoms with Gasteiger partial charge < -0.3 is 9.63 Å². The van der Waals surface area contributed by atoms with E-state index < -0.39 is 19.4 Å². The first-order valence-corrected chi connectivity index (χ1v) is 10.9. The van der Waals surface area contributed by atoms with Crippen LogP contribution in [0.2, 0.25) is 19.6 Å². The van der Waals surface area contributed by atoms with Crippen LogP contribution in [0.25, 0.3) is 0 Å². The summed E-state index contributed by atoms with van der Waals surface area (Å²) >= 11 is 0. The molecular weight excluding hydrogens is 296 g/mol. The maximum absolute atomic E-state index is 12.6. The second-order valence-corrected chi connectivity index (χ2v) is 12.2. The van der Waals surface area contributed by atoms with Crippen molar-refractivity contribution in [3.63, 3.8) is 0 Å². The summed E-state index contributed by atoms with van der Waals surface area (Å²) in [7, 11) is -1.66. The Morgan fingerprint density at radius 2 is 1.59 bits per heavy atom. The van der Waals surface area contributed by atoms with Gasteiger partial charge in [-0.05, 0) is 71.6 Å². The second-order valence-electron chi connectivity index (χ2n) is 7.79. The number of hydrogen-bond acceptors (Lipinski definition) is 4. The summed E-state index contributed by atoms with van der Waals surface area (Å²) in [6.07, 6.45) is 0. The van der Waals surface area contributed by atoms with E-state index >= 15 is 0 Å².